The van der Waals surface area contributed by atoms with E-state index in [1.54, 1.807) is 0 Å². The van der Waals surface area contributed by atoms with Crippen LogP contribution in [0.3, 0.4) is 0 Å². The molecule has 1 rings (SSSR count). The van der Waals surface area contributed by atoms with E-state index in [1.807, 2.05) is 0 Å². The number of rotatable bonds is 5. The molecule has 0 aromatic rings. The number of carboxylic acids is 1. The quantitative estimate of drug-likeness (QED) is 0.636. The van der Waals surface area contributed by atoms with Crippen molar-refractivity contribution in [1.82, 2.24) is 10.2 Å². The van der Waals surface area contributed by atoms with Crippen LogP contribution < -0.4 is 5.32 Å². The summed E-state index contributed by atoms with van der Waals surface area (Å²) in [4.78, 5) is 12.7. The van der Waals surface area contributed by atoms with Crippen molar-refractivity contribution in [2.24, 2.45) is 0 Å². The molecular weight excluding hydrogens is 180 g/mol. The minimum atomic E-state index is -0.678. The first kappa shape index (κ1) is 11.5. The molecule has 0 spiro atoms. The molecule has 82 valence electrons. The Morgan fingerprint density at radius 2 is 2.14 bits per heavy atom. The van der Waals surface area contributed by atoms with E-state index in [9.17, 15) is 4.79 Å². The summed E-state index contributed by atoms with van der Waals surface area (Å²) in [5.74, 6) is -0.678. The molecule has 1 saturated heterocycles. The number of unbranched alkanes of at least 4 members (excludes halogenated alkanes) is 1. The number of hydrogen-bond acceptors (Lipinski definition) is 3. The molecule has 0 amide bonds. The molecule has 0 atom stereocenters. The zero-order valence-corrected chi connectivity index (χ0v) is 8.67. The zero-order chi connectivity index (χ0) is 10.2. The molecule has 1 heterocycles. The van der Waals surface area contributed by atoms with Gasteiger partial charge in [-0.15, -0.1) is 0 Å². The maximum absolute atomic E-state index is 10.3. The van der Waals surface area contributed by atoms with E-state index in [-0.39, 0.29) is 0 Å². The number of nitrogens with one attached hydrogen (secondary N) is 1. The Kier molecular flexibility index (Phi) is 5.56. The van der Waals surface area contributed by atoms with Gasteiger partial charge in [-0.2, -0.15) is 0 Å². The van der Waals surface area contributed by atoms with Gasteiger partial charge in [0, 0.05) is 19.5 Å². The minimum Gasteiger partial charge on any atom is -0.481 e. The fourth-order valence-electron chi connectivity index (χ4n) is 1.74. The van der Waals surface area contributed by atoms with Gasteiger partial charge in [-0.3, -0.25) is 4.79 Å². The lowest BCUT2D eigenvalue weighted by Gasteiger charge is -2.18. The highest BCUT2D eigenvalue weighted by Gasteiger charge is 2.07. The molecule has 0 aromatic heterocycles. The van der Waals surface area contributed by atoms with Crippen LogP contribution in [0, 0.1) is 0 Å². The molecular formula is C10H20N2O2. The molecule has 1 aliphatic rings. The average Bonchev–Trinajstić information content (AvgIpc) is 2.40. The summed E-state index contributed by atoms with van der Waals surface area (Å²) in [7, 11) is 0. The third-order valence-electron chi connectivity index (χ3n) is 2.55. The molecule has 0 unspecified atom stereocenters. The van der Waals surface area contributed by atoms with Crippen molar-refractivity contribution in [3.63, 3.8) is 0 Å². The van der Waals surface area contributed by atoms with Crippen LogP contribution in [0.1, 0.15) is 25.7 Å². The Labute approximate surface area is 85.3 Å². The van der Waals surface area contributed by atoms with Crippen molar-refractivity contribution in [3.05, 3.63) is 0 Å². The van der Waals surface area contributed by atoms with Crippen LogP contribution in [0.2, 0.25) is 0 Å². The van der Waals surface area contributed by atoms with Crippen LogP contribution in [0.15, 0.2) is 0 Å². The van der Waals surface area contributed by atoms with E-state index >= 15 is 0 Å². The van der Waals surface area contributed by atoms with Crippen molar-refractivity contribution in [3.8, 4) is 0 Å². The topological polar surface area (TPSA) is 52.6 Å². The molecule has 0 radical (unpaired) electrons. The number of nitrogens with zero attached hydrogens (tertiary/aromatic N) is 1. The molecule has 0 aliphatic carbocycles. The second kappa shape index (κ2) is 6.79. The Bertz CT molecular complexity index is 166. The van der Waals surface area contributed by atoms with Crippen molar-refractivity contribution >= 4 is 5.97 Å². The Hall–Kier alpha value is -0.610. The van der Waals surface area contributed by atoms with E-state index in [0.717, 1.165) is 45.6 Å². The largest absolute Gasteiger partial charge is 0.481 e. The Morgan fingerprint density at radius 3 is 2.93 bits per heavy atom. The highest BCUT2D eigenvalue weighted by atomic mass is 16.4. The van der Waals surface area contributed by atoms with Crippen molar-refractivity contribution in [1.29, 1.82) is 0 Å². The van der Waals surface area contributed by atoms with Crippen LogP contribution in [-0.2, 0) is 4.79 Å². The summed E-state index contributed by atoms with van der Waals surface area (Å²) in [5.41, 5.74) is 0. The van der Waals surface area contributed by atoms with Crippen LogP contribution in [0.25, 0.3) is 0 Å². The SMILES string of the molecule is O=C(O)CCCCN1CCCNCC1. The zero-order valence-electron chi connectivity index (χ0n) is 8.67. The van der Waals surface area contributed by atoms with Gasteiger partial charge in [0.25, 0.3) is 0 Å². The second-order valence-corrected chi connectivity index (χ2v) is 3.80. The first-order chi connectivity index (χ1) is 6.79. The number of aliphatic carboxylic acids is 1. The average molecular weight is 200 g/mol. The number of hydrogen-bond donors (Lipinski definition) is 2. The van der Waals surface area contributed by atoms with Gasteiger partial charge in [-0.25, -0.2) is 0 Å². The number of carboxylic acid groups (broad SMARTS) is 1. The highest BCUT2D eigenvalue weighted by molar-refractivity contribution is 5.66. The first-order valence-electron chi connectivity index (χ1n) is 5.44. The minimum absolute atomic E-state index is 0.312. The standard InChI is InChI=1S/C10H20N2O2/c13-10(14)4-1-2-7-12-8-3-5-11-6-9-12/h11H,1-9H2,(H,13,14). The molecule has 0 bridgehead atoms. The third-order valence-corrected chi connectivity index (χ3v) is 2.55. The van der Waals surface area contributed by atoms with E-state index in [4.69, 9.17) is 5.11 Å². The highest BCUT2D eigenvalue weighted by Crippen LogP contribution is 2.01. The summed E-state index contributed by atoms with van der Waals surface area (Å²) >= 11 is 0. The van der Waals surface area contributed by atoms with Crippen LogP contribution in [0.4, 0.5) is 0 Å². The molecule has 1 fully saturated rings. The molecule has 0 saturated carbocycles. The Balaban J connectivity index is 2.01. The monoisotopic (exact) mass is 200 g/mol. The summed E-state index contributed by atoms with van der Waals surface area (Å²) in [6, 6.07) is 0. The smallest absolute Gasteiger partial charge is 0.303 e. The van der Waals surface area contributed by atoms with E-state index in [1.165, 1.54) is 6.42 Å². The summed E-state index contributed by atoms with van der Waals surface area (Å²) in [6.45, 7) is 5.49. The lowest BCUT2D eigenvalue weighted by molar-refractivity contribution is -0.137. The Morgan fingerprint density at radius 1 is 1.29 bits per heavy atom. The second-order valence-electron chi connectivity index (χ2n) is 3.80. The fourth-order valence-corrected chi connectivity index (χ4v) is 1.74. The first-order valence-corrected chi connectivity index (χ1v) is 5.44. The predicted molar refractivity (Wildman–Crippen MR) is 55.4 cm³/mol. The van der Waals surface area contributed by atoms with Crippen molar-refractivity contribution < 1.29 is 9.90 Å². The molecule has 0 aromatic carbocycles. The maximum Gasteiger partial charge on any atom is 0.303 e. The lowest BCUT2D eigenvalue weighted by Crippen LogP contribution is -2.29. The maximum atomic E-state index is 10.3. The third kappa shape index (κ3) is 5.19. The van der Waals surface area contributed by atoms with E-state index in [0.29, 0.717) is 6.42 Å². The van der Waals surface area contributed by atoms with Gasteiger partial charge in [-0.05, 0) is 38.9 Å². The fraction of sp³-hybridized carbons (Fsp3) is 0.900. The van der Waals surface area contributed by atoms with Crippen molar-refractivity contribution in [2.45, 2.75) is 25.7 Å². The van der Waals surface area contributed by atoms with Gasteiger partial charge in [0.15, 0.2) is 0 Å². The van der Waals surface area contributed by atoms with Gasteiger partial charge in [0.05, 0.1) is 0 Å². The predicted octanol–water partition coefficient (Wildman–Crippen LogP) is 0.537. The van der Waals surface area contributed by atoms with Gasteiger partial charge in [0.2, 0.25) is 0 Å². The molecule has 1 aliphatic heterocycles. The van der Waals surface area contributed by atoms with E-state index < -0.39 is 5.97 Å². The van der Waals surface area contributed by atoms with Gasteiger partial charge >= 0.3 is 5.97 Å². The lowest BCUT2D eigenvalue weighted by atomic mass is 10.2. The molecule has 4 nitrogen and oxygen atoms in total. The molecule has 4 heteroatoms. The van der Waals surface area contributed by atoms with Crippen LogP contribution in [0.5, 0.6) is 0 Å². The van der Waals surface area contributed by atoms with Gasteiger partial charge in [-0.1, -0.05) is 0 Å². The molecule has 2 N–H and O–H groups in total. The van der Waals surface area contributed by atoms with E-state index in [2.05, 4.69) is 10.2 Å². The number of carbonyl (C=O) groups is 1. The normalized spacial score (nSPS) is 19.1. The summed E-state index contributed by atoms with van der Waals surface area (Å²) in [6.07, 6.45) is 3.33. The van der Waals surface area contributed by atoms with Crippen LogP contribution >= 0.6 is 0 Å². The van der Waals surface area contributed by atoms with Gasteiger partial charge in [0.1, 0.15) is 0 Å². The van der Waals surface area contributed by atoms with Gasteiger partial charge < -0.3 is 15.3 Å². The van der Waals surface area contributed by atoms with Crippen LogP contribution in [-0.4, -0.2) is 48.7 Å². The molecule has 14 heavy (non-hydrogen) atoms. The summed E-state index contributed by atoms with van der Waals surface area (Å²) < 4.78 is 0. The summed E-state index contributed by atoms with van der Waals surface area (Å²) in [5, 5.41) is 11.8. The van der Waals surface area contributed by atoms with Crippen molar-refractivity contribution in [2.75, 3.05) is 32.7 Å².